The van der Waals surface area contributed by atoms with Crippen molar-refractivity contribution in [2.45, 2.75) is 12.3 Å². The Labute approximate surface area is 358 Å². The third kappa shape index (κ3) is 6.17. The summed E-state index contributed by atoms with van der Waals surface area (Å²) in [7, 11) is 0. The van der Waals surface area contributed by atoms with Gasteiger partial charge >= 0.3 is 0 Å². The smallest absolute Gasteiger partial charge is 0.0543 e. The quantitative estimate of drug-likeness (QED) is 0.149. The van der Waals surface area contributed by atoms with Crippen LogP contribution < -0.4 is 4.90 Å². The first-order valence-corrected chi connectivity index (χ1v) is 21.2. The largest absolute Gasteiger partial charge is 0.309 e. The Kier molecular flexibility index (Phi) is 9.02. The van der Waals surface area contributed by atoms with Crippen LogP contribution in [0.1, 0.15) is 23.6 Å². The first kappa shape index (κ1) is 36.3. The molecule has 61 heavy (non-hydrogen) atoms. The molecule has 1 unspecified atom stereocenters. The molecule has 0 aliphatic heterocycles. The van der Waals surface area contributed by atoms with Crippen molar-refractivity contribution < 1.29 is 0 Å². The Morgan fingerprint density at radius 1 is 0.328 bits per heavy atom. The van der Waals surface area contributed by atoms with Crippen LogP contribution in [0.2, 0.25) is 0 Å². The van der Waals surface area contributed by atoms with Gasteiger partial charge in [-0.3, -0.25) is 0 Å². The van der Waals surface area contributed by atoms with Gasteiger partial charge in [0, 0.05) is 22.2 Å². The minimum Gasteiger partial charge on any atom is -0.309 e. The minimum absolute atomic E-state index is 0.331. The van der Waals surface area contributed by atoms with Crippen molar-refractivity contribution in [3.05, 3.63) is 259 Å². The van der Waals surface area contributed by atoms with Gasteiger partial charge in [-0.25, -0.2) is 0 Å². The molecule has 0 N–H and O–H groups in total. The van der Waals surface area contributed by atoms with E-state index in [0.29, 0.717) is 0 Å². The number of nitrogens with zero attached hydrogens (tertiary/aromatic N) is 1. The highest BCUT2D eigenvalue weighted by Gasteiger charge is 2.42. The maximum atomic E-state index is 2.51. The van der Waals surface area contributed by atoms with E-state index in [0.717, 1.165) is 28.2 Å². The number of fused-ring (bicyclic) bond motifs is 4. The molecule has 0 bridgehead atoms. The standard InChI is InChI=1S/C60H43N/c1-60(47-24-6-3-7-25-47)55-33-14-12-31-54(55)59-56(60)34-18-36-58(59)61(48-26-16-23-46(41-48)52-29-11-10-28-50(52)42-19-4-2-5-20-42)57-35-15-13-30-53(57)45-39-37-44(38-40-45)51-32-17-22-43-21-8-9-27-49(43)51/h2-41H,1H3. The number of anilines is 3. The fourth-order valence-electron chi connectivity index (χ4n) is 9.83. The number of rotatable bonds is 8. The zero-order valence-electron chi connectivity index (χ0n) is 34.0. The molecule has 0 amide bonds. The number of para-hydroxylation sites is 1. The lowest BCUT2D eigenvalue weighted by molar-refractivity contribution is 0.714. The number of benzene rings is 10. The van der Waals surface area contributed by atoms with Crippen LogP contribution >= 0.6 is 0 Å². The van der Waals surface area contributed by atoms with Crippen LogP contribution in [0.3, 0.4) is 0 Å². The Morgan fingerprint density at radius 3 is 1.61 bits per heavy atom. The number of hydrogen-bond donors (Lipinski definition) is 0. The zero-order chi connectivity index (χ0) is 40.8. The van der Waals surface area contributed by atoms with E-state index in [1.807, 2.05) is 0 Å². The van der Waals surface area contributed by atoms with E-state index in [-0.39, 0.29) is 5.41 Å². The molecule has 1 heteroatoms. The fourth-order valence-corrected chi connectivity index (χ4v) is 9.83. The Balaban J connectivity index is 1.13. The lowest BCUT2D eigenvalue weighted by Gasteiger charge is -2.32. The van der Waals surface area contributed by atoms with Gasteiger partial charge in [-0.1, -0.05) is 218 Å². The lowest BCUT2D eigenvalue weighted by atomic mass is 9.74. The highest BCUT2D eigenvalue weighted by molar-refractivity contribution is 6.00. The number of hydrogen-bond acceptors (Lipinski definition) is 1. The van der Waals surface area contributed by atoms with Gasteiger partial charge in [0.25, 0.3) is 0 Å². The van der Waals surface area contributed by atoms with E-state index < -0.39 is 0 Å². The molecule has 0 spiro atoms. The zero-order valence-corrected chi connectivity index (χ0v) is 34.0. The van der Waals surface area contributed by atoms with E-state index in [4.69, 9.17) is 0 Å². The molecule has 1 atom stereocenters. The topological polar surface area (TPSA) is 3.24 Å². The molecule has 1 aliphatic rings. The summed E-state index contributed by atoms with van der Waals surface area (Å²) >= 11 is 0. The molecule has 0 saturated carbocycles. The maximum absolute atomic E-state index is 2.51. The third-order valence-electron chi connectivity index (χ3n) is 12.8. The molecule has 0 radical (unpaired) electrons. The molecule has 0 aromatic heterocycles. The van der Waals surface area contributed by atoms with Crippen molar-refractivity contribution in [3.63, 3.8) is 0 Å². The first-order valence-electron chi connectivity index (χ1n) is 21.2. The molecule has 0 heterocycles. The molecule has 10 aromatic rings. The predicted molar refractivity (Wildman–Crippen MR) is 258 cm³/mol. The van der Waals surface area contributed by atoms with Crippen LogP contribution in [0, 0.1) is 0 Å². The second-order valence-electron chi connectivity index (χ2n) is 16.2. The van der Waals surface area contributed by atoms with Gasteiger partial charge in [0.1, 0.15) is 0 Å². The summed E-state index contributed by atoms with van der Waals surface area (Å²) in [6.07, 6.45) is 0. The molecule has 11 rings (SSSR count). The predicted octanol–water partition coefficient (Wildman–Crippen LogP) is 16.3. The van der Waals surface area contributed by atoms with Crippen molar-refractivity contribution in [1.29, 1.82) is 0 Å². The lowest BCUT2D eigenvalue weighted by Crippen LogP contribution is -2.22. The van der Waals surface area contributed by atoms with Gasteiger partial charge in [0.05, 0.1) is 11.4 Å². The van der Waals surface area contributed by atoms with E-state index in [2.05, 4.69) is 254 Å². The van der Waals surface area contributed by atoms with Crippen LogP contribution in [-0.2, 0) is 5.41 Å². The normalized spacial score (nSPS) is 14.0. The monoisotopic (exact) mass is 777 g/mol. The van der Waals surface area contributed by atoms with Crippen LogP contribution in [0.15, 0.2) is 243 Å². The first-order chi connectivity index (χ1) is 30.2. The summed E-state index contributed by atoms with van der Waals surface area (Å²) in [5.74, 6) is 0. The van der Waals surface area contributed by atoms with E-state index in [1.54, 1.807) is 0 Å². The minimum atomic E-state index is -0.331. The summed E-state index contributed by atoms with van der Waals surface area (Å²) in [6, 6.07) is 88.8. The van der Waals surface area contributed by atoms with Crippen molar-refractivity contribution in [3.8, 4) is 55.6 Å². The van der Waals surface area contributed by atoms with Gasteiger partial charge in [-0.05, 0) is 103 Å². The second-order valence-corrected chi connectivity index (χ2v) is 16.2. The van der Waals surface area contributed by atoms with E-state index in [9.17, 15) is 0 Å². The molecule has 288 valence electrons. The van der Waals surface area contributed by atoms with Crippen LogP contribution in [0.4, 0.5) is 17.1 Å². The summed E-state index contributed by atoms with van der Waals surface area (Å²) in [5, 5.41) is 2.51. The van der Waals surface area contributed by atoms with Crippen LogP contribution in [0.25, 0.3) is 66.4 Å². The summed E-state index contributed by atoms with van der Waals surface area (Å²) in [6.45, 7) is 2.40. The maximum Gasteiger partial charge on any atom is 0.0543 e. The highest BCUT2D eigenvalue weighted by atomic mass is 15.1. The van der Waals surface area contributed by atoms with Gasteiger partial charge in [0.15, 0.2) is 0 Å². The van der Waals surface area contributed by atoms with Crippen LogP contribution in [-0.4, -0.2) is 0 Å². The van der Waals surface area contributed by atoms with Gasteiger partial charge in [-0.15, -0.1) is 0 Å². The Bertz CT molecular complexity index is 3190. The fraction of sp³-hybridized carbons (Fsp3) is 0.0333. The third-order valence-corrected chi connectivity index (χ3v) is 12.8. The molecular weight excluding hydrogens is 735 g/mol. The van der Waals surface area contributed by atoms with Gasteiger partial charge in [-0.2, -0.15) is 0 Å². The summed E-state index contributed by atoms with van der Waals surface area (Å²) in [5.41, 5.74) is 19.1. The molecule has 1 aliphatic carbocycles. The molecule has 0 saturated heterocycles. The second kappa shape index (κ2) is 15.1. The van der Waals surface area contributed by atoms with Crippen molar-refractivity contribution in [2.75, 3.05) is 4.90 Å². The van der Waals surface area contributed by atoms with Crippen molar-refractivity contribution in [1.82, 2.24) is 0 Å². The van der Waals surface area contributed by atoms with Gasteiger partial charge < -0.3 is 4.90 Å². The highest BCUT2D eigenvalue weighted by Crippen LogP contribution is 2.57. The average Bonchev–Trinajstić information content (AvgIpc) is 3.61. The van der Waals surface area contributed by atoms with E-state index in [1.165, 1.54) is 72.0 Å². The summed E-state index contributed by atoms with van der Waals surface area (Å²) in [4.78, 5) is 2.51. The SMILES string of the molecule is CC1(c2ccccc2)c2ccccc2-c2c(N(c3cccc(-c4ccccc4-c4ccccc4)c3)c3ccccc3-c3ccc(-c4cccc5ccccc45)cc3)cccc21. The molecule has 10 aromatic carbocycles. The molecular formula is C60H43N. The molecule has 1 nitrogen and oxygen atoms in total. The Morgan fingerprint density at radius 2 is 0.820 bits per heavy atom. The summed E-state index contributed by atoms with van der Waals surface area (Å²) < 4.78 is 0. The van der Waals surface area contributed by atoms with Crippen molar-refractivity contribution >= 4 is 27.8 Å². The van der Waals surface area contributed by atoms with E-state index >= 15 is 0 Å². The Hall–Kier alpha value is -7.74. The van der Waals surface area contributed by atoms with Crippen molar-refractivity contribution in [2.24, 2.45) is 0 Å². The average molecular weight is 778 g/mol. The van der Waals surface area contributed by atoms with Gasteiger partial charge in [0.2, 0.25) is 0 Å². The molecule has 0 fully saturated rings. The van der Waals surface area contributed by atoms with Crippen LogP contribution in [0.5, 0.6) is 0 Å².